The molecule has 1 saturated heterocycles. The zero-order chi connectivity index (χ0) is 21.8. The second kappa shape index (κ2) is 13.1. The fraction of sp³-hybridized carbons (Fsp3) is 0.583. The molecular weight excluding hydrogens is 378 g/mol. The minimum Gasteiger partial charge on any atom is -0.496 e. The number of unbranched alkanes of at least 4 members (excludes halogenated alkanes) is 2. The van der Waals surface area contributed by atoms with Crippen molar-refractivity contribution in [3.63, 3.8) is 0 Å². The van der Waals surface area contributed by atoms with E-state index in [1.807, 2.05) is 46.2 Å². The SMILES string of the molecule is CCCCCC(=O)N1CCN(CCN(C/C=C/c2ccccc2OC)C(C)=O)CC1. The molecule has 2 rings (SSSR count). The first-order chi connectivity index (χ1) is 14.5. The monoisotopic (exact) mass is 415 g/mol. The molecule has 6 nitrogen and oxygen atoms in total. The maximum atomic E-state index is 12.3. The summed E-state index contributed by atoms with van der Waals surface area (Å²) in [5, 5.41) is 0. The van der Waals surface area contributed by atoms with Crippen molar-refractivity contribution in [1.29, 1.82) is 0 Å². The molecule has 0 atom stereocenters. The number of methoxy groups -OCH3 is 1. The van der Waals surface area contributed by atoms with Gasteiger partial charge in [0.2, 0.25) is 11.8 Å². The van der Waals surface area contributed by atoms with Crippen LogP contribution in [-0.4, -0.2) is 79.4 Å². The number of carbonyl (C=O) groups is 2. The van der Waals surface area contributed by atoms with Crippen LogP contribution < -0.4 is 4.74 Å². The summed E-state index contributed by atoms with van der Waals surface area (Å²) >= 11 is 0. The topological polar surface area (TPSA) is 53.1 Å². The Morgan fingerprint density at radius 3 is 2.53 bits per heavy atom. The number of hydrogen-bond donors (Lipinski definition) is 0. The maximum absolute atomic E-state index is 12.3. The number of piperazine rings is 1. The first-order valence-electron chi connectivity index (χ1n) is 11.1. The molecule has 1 aliphatic heterocycles. The van der Waals surface area contributed by atoms with Crippen molar-refractivity contribution in [1.82, 2.24) is 14.7 Å². The van der Waals surface area contributed by atoms with E-state index >= 15 is 0 Å². The Morgan fingerprint density at radius 2 is 1.87 bits per heavy atom. The molecule has 0 spiro atoms. The third kappa shape index (κ3) is 7.82. The van der Waals surface area contributed by atoms with Crippen LogP contribution in [0.4, 0.5) is 0 Å². The molecular formula is C24H37N3O3. The van der Waals surface area contributed by atoms with Crippen LogP contribution >= 0.6 is 0 Å². The van der Waals surface area contributed by atoms with Gasteiger partial charge >= 0.3 is 0 Å². The van der Waals surface area contributed by atoms with Gasteiger partial charge in [0.25, 0.3) is 0 Å². The number of nitrogens with zero attached hydrogens (tertiary/aromatic N) is 3. The molecule has 0 saturated carbocycles. The lowest BCUT2D eigenvalue weighted by atomic mass is 10.2. The Hall–Kier alpha value is -2.34. The maximum Gasteiger partial charge on any atom is 0.222 e. The molecule has 0 radical (unpaired) electrons. The molecule has 1 aliphatic rings. The van der Waals surface area contributed by atoms with E-state index in [2.05, 4.69) is 11.8 Å². The number of carbonyl (C=O) groups excluding carboxylic acids is 2. The highest BCUT2D eigenvalue weighted by Crippen LogP contribution is 2.18. The minimum atomic E-state index is 0.0735. The van der Waals surface area contributed by atoms with E-state index < -0.39 is 0 Å². The van der Waals surface area contributed by atoms with E-state index in [0.717, 1.165) is 63.3 Å². The van der Waals surface area contributed by atoms with Gasteiger partial charge in [-0.25, -0.2) is 0 Å². The second-order valence-corrected chi connectivity index (χ2v) is 7.79. The first kappa shape index (κ1) is 23.9. The van der Waals surface area contributed by atoms with Gasteiger partial charge in [-0.2, -0.15) is 0 Å². The number of amides is 2. The highest BCUT2D eigenvalue weighted by Gasteiger charge is 2.21. The van der Waals surface area contributed by atoms with Crippen LogP contribution in [0.1, 0.15) is 45.1 Å². The van der Waals surface area contributed by atoms with E-state index in [0.29, 0.717) is 19.5 Å². The standard InChI is InChI=1S/C24H37N3O3/c1-4-5-6-13-24(29)27-19-16-25(17-20-27)15-18-26(21(2)28)14-9-11-22-10-7-8-12-23(22)30-3/h7-12H,4-6,13-20H2,1-3H3/b11-9+. The highest BCUT2D eigenvalue weighted by atomic mass is 16.5. The lowest BCUT2D eigenvalue weighted by Gasteiger charge is -2.35. The summed E-state index contributed by atoms with van der Waals surface area (Å²) in [7, 11) is 1.66. The lowest BCUT2D eigenvalue weighted by molar-refractivity contribution is -0.133. The molecule has 0 N–H and O–H groups in total. The van der Waals surface area contributed by atoms with Gasteiger partial charge in [0.15, 0.2) is 0 Å². The fourth-order valence-corrected chi connectivity index (χ4v) is 3.66. The molecule has 6 heteroatoms. The lowest BCUT2D eigenvalue weighted by Crippen LogP contribution is -2.50. The number of ether oxygens (including phenoxy) is 1. The summed E-state index contributed by atoms with van der Waals surface area (Å²) in [5.41, 5.74) is 1.00. The van der Waals surface area contributed by atoms with Crippen LogP contribution in [0.5, 0.6) is 5.75 Å². The van der Waals surface area contributed by atoms with Gasteiger partial charge in [-0.1, -0.05) is 50.1 Å². The second-order valence-electron chi connectivity index (χ2n) is 7.79. The average Bonchev–Trinajstić information content (AvgIpc) is 2.76. The molecule has 2 amide bonds. The van der Waals surface area contributed by atoms with Crippen LogP contribution in [-0.2, 0) is 9.59 Å². The molecule has 30 heavy (non-hydrogen) atoms. The molecule has 1 heterocycles. The summed E-state index contributed by atoms with van der Waals surface area (Å²) in [5.74, 6) is 1.18. The van der Waals surface area contributed by atoms with Gasteiger partial charge in [0, 0.05) is 64.7 Å². The van der Waals surface area contributed by atoms with Gasteiger partial charge < -0.3 is 14.5 Å². The van der Waals surface area contributed by atoms with E-state index in [1.165, 1.54) is 0 Å². The van der Waals surface area contributed by atoms with E-state index in [4.69, 9.17) is 4.74 Å². The van der Waals surface area contributed by atoms with Crippen LogP contribution in [0.2, 0.25) is 0 Å². The Balaban J connectivity index is 1.75. The van der Waals surface area contributed by atoms with Crippen molar-refractivity contribution in [2.24, 2.45) is 0 Å². The van der Waals surface area contributed by atoms with Crippen molar-refractivity contribution in [2.45, 2.75) is 39.5 Å². The van der Waals surface area contributed by atoms with Crippen molar-refractivity contribution >= 4 is 17.9 Å². The van der Waals surface area contributed by atoms with E-state index in [-0.39, 0.29) is 11.8 Å². The van der Waals surface area contributed by atoms with E-state index in [1.54, 1.807) is 14.0 Å². The van der Waals surface area contributed by atoms with Crippen molar-refractivity contribution in [3.05, 3.63) is 35.9 Å². The summed E-state index contributed by atoms with van der Waals surface area (Å²) in [6, 6.07) is 7.84. The van der Waals surface area contributed by atoms with Gasteiger partial charge in [-0.05, 0) is 12.5 Å². The van der Waals surface area contributed by atoms with Crippen LogP contribution in [0.15, 0.2) is 30.3 Å². The number of hydrogen-bond acceptors (Lipinski definition) is 4. The Kier molecular flexibility index (Phi) is 10.4. The largest absolute Gasteiger partial charge is 0.496 e. The smallest absolute Gasteiger partial charge is 0.222 e. The van der Waals surface area contributed by atoms with Crippen LogP contribution in [0.3, 0.4) is 0 Å². The predicted molar refractivity (Wildman–Crippen MR) is 121 cm³/mol. The van der Waals surface area contributed by atoms with E-state index in [9.17, 15) is 9.59 Å². The minimum absolute atomic E-state index is 0.0735. The normalized spacial score (nSPS) is 14.8. The summed E-state index contributed by atoms with van der Waals surface area (Å²) in [6.07, 6.45) is 7.93. The fourth-order valence-electron chi connectivity index (χ4n) is 3.66. The molecule has 166 valence electrons. The zero-order valence-electron chi connectivity index (χ0n) is 18.8. The van der Waals surface area contributed by atoms with Crippen LogP contribution in [0.25, 0.3) is 6.08 Å². The van der Waals surface area contributed by atoms with Gasteiger partial charge in [0.1, 0.15) is 5.75 Å². The third-order valence-corrected chi connectivity index (χ3v) is 5.61. The molecule has 0 aromatic heterocycles. The summed E-state index contributed by atoms with van der Waals surface area (Å²) in [6.45, 7) is 9.20. The Labute approximate surface area is 181 Å². The zero-order valence-corrected chi connectivity index (χ0v) is 18.8. The molecule has 1 aromatic carbocycles. The van der Waals surface area contributed by atoms with Crippen LogP contribution in [0, 0.1) is 0 Å². The highest BCUT2D eigenvalue weighted by molar-refractivity contribution is 5.76. The number of rotatable bonds is 11. The number of para-hydroxylation sites is 1. The first-order valence-corrected chi connectivity index (χ1v) is 11.1. The average molecular weight is 416 g/mol. The Morgan fingerprint density at radius 1 is 1.13 bits per heavy atom. The van der Waals surface area contributed by atoms with Crippen molar-refractivity contribution in [2.75, 3.05) is 52.9 Å². The third-order valence-electron chi connectivity index (χ3n) is 5.61. The molecule has 1 fully saturated rings. The summed E-state index contributed by atoms with van der Waals surface area (Å²) in [4.78, 5) is 30.5. The predicted octanol–water partition coefficient (Wildman–Crippen LogP) is 3.28. The Bertz CT molecular complexity index is 697. The molecule has 0 aliphatic carbocycles. The summed E-state index contributed by atoms with van der Waals surface area (Å²) < 4.78 is 5.36. The quantitative estimate of drug-likeness (QED) is 0.521. The molecule has 0 unspecified atom stereocenters. The molecule has 0 bridgehead atoms. The molecule has 1 aromatic rings. The van der Waals surface area contributed by atoms with Gasteiger partial charge in [-0.3, -0.25) is 14.5 Å². The van der Waals surface area contributed by atoms with Crippen molar-refractivity contribution in [3.8, 4) is 5.75 Å². The number of benzene rings is 1. The van der Waals surface area contributed by atoms with Gasteiger partial charge in [0.05, 0.1) is 7.11 Å². The van der Waals surface area contributed by atoms with Crippen molar-refractivity contribution < 1.29 is 14.3 Å². The van der Waals surface area contributed by atoms with Gasteiger partial charge in [-0.15, -0.1) is 0 Å².